The Balaban J connectivity index is 2.14. The van der Waals surface area contributed by atoms with Crippen molar-refractivity contribution in [3.8, 4) is 0 Å². The molecule has 21 heavy (non-hydrogen) atoms. The second-order valence-electron chi connectivity index (χ2n) is 5.96. The summed E-state index contributed by atoms with van der Waals surface area (Å²) in [6.07, 6.45) is 1.58. The molecular formula is C15H22N4OS. The maximum absolute atomic E-state index is 12.4. The Hall–Kier alpha value is -1.69. The van der Waals surface area contributed by atoms with Crippen molar-refractivity contribution in [2.24, 2.45) is 17.8 Å². The highest BCUT2D eigenvalue weighted by molar-refractivity contribution is 7.21. The zero-order valence-corrected chi connectivity index (χ0v) is 13.7. The summed E-state index contributed by atoms with van der Waals surface area (Å²) in [6, 6.07) is 1.79. The average molecular weight is 306 g/mol. The maximum Gasteiger partial charge on any atom is 0.263 e. The van der Waals surface area contributed by atoms with Gasteiger partial charge in [-0.15, -0.1) is 16.4 Å². The molecule has 1 amide bonds. The smallest absolute Gasteiger partial charge is 0.263 e. The molecule has 0 atom stereocenters. The van der Waals surface area contributed by atoms with Crippen molar-refractivity contribution < 1.29 is 4.79 Å². The first-order valence-electron chi connectivity index (χ1n) is 7.19. The highest BCUT2D eigenvalue weighted by atomic mass is 32.1. The van der Waals surface area contributed by atoms with E-state index in [0.717, 1.165) is 5.39 Å². The van der Waals surface area contributed by atoms with Gasteiger partial charge in [-0.25, -0.2) is 0 Å². The summed E-state index contributed by atoms with van der Waals surface area (Å²) in [4.78, 5) is 13.6. The zero-order chi connectivity index (χ0) is 15.6. The number of amides is 1. The standard InChI is InChI=1S/C15H22N4OS/c1-8(2)11(9(3)4)7-17-14(20)13-12(16)10-5-6-18-19-15(10)21-13/h5-6,8-9,11H,7,16H2,1-4H3,(H,17,20). The molecule has 2 aromatic heterocycles. The number of rotatable bonds is 5. The fourth-order valence-electron chi connectivity index (χ4n) is 2.57. The van der Waals surface area contributed by atoms with Crippen LogP contribution in [0.15, 0.2) is 12.3 Å². The SMILES string of the molecule is CC(C)C(CNC(=O)c1sc2nnccc2c1N)C(C)C. The minimum absolute atomic E-state index is 0.123. The van der Waals surface area contributed by atoms with E-state index in [9.17, 15) is 4.79 Å². The molecule has 0 bridgehead atoms. The molecule has 6 heteroatoms. The third-order valence-corrected chi connectivity index (χ3v) is 4.94. The lowest BCUT2D eigenvalue weighted by Crippen LogP contribution is -2.33. The highest BCUT2D eigenvalue weighted by Crippen LogP contribution is 2.31. The highest BCUT2D eigenvalue weighted by Gasteiger charge is 2.21. The van der Waals surface area contributed by atoms with Crippen LogP contribution in [0.4, 0.5) is 5.69 Å². The predicted molar refractivity (Wildman–Crippen MR) is 87.3 cm³/mol. The summed E-state index contributed by atoms with van der Waals surface area (Å²) in [5.41, 5.74) is 6.54. The van der Waals surface area contributed by atoms with Gasteiger partial charge in [-0.1, -0.05) is 27.7 Å². The van der Waals surface area contributed by atoms with Crippen LogP contribution in [0.3, 0.4) is 0 Å². The largest absolute Gasteiger partial charge is 0.397 e. The van der Waals surface area contributed by atoms with Crippen molar-refractivity contribution >= 4 is 33.1 Å². The van der Waals surface area contributed by atoms with Crippen molar-refractivity contribution in [1.82, 2.24) is 15.5 Å². The molecule has 2 rings (SSSR count). The van der Waals surface area contributed by atoms with Crippen LogP contribution in [0.1, 0.15) is 37.4 Å². The van der Waals surface area contributed by atoms with Crippen molar-refractivity contribution in [3.63, 3.8) is 0 Å². The van der Waals surface area contributed by atoms with E-state index in [1.165, 1.54) is 11.3 Å². The van der Waals surface area contributed by atoms with Crippen LogP contribution in [0.5, 0.6) is 0 Å². The third kappa shape index (κ3) is 3.32. The molecule has 0 spiro atoms. The molecule has 0 aromatic carbocycles. The number of carbonyl (C=O) groups excluding carboxylic acids is 1. The van der Waals surface area contributed by atoms with Crippen LogP contribution in [-0.2, 0) is 0 Å². The molecule has 0 radical (unpaired) electrons. The number of nitrogen functional groups attached to an aromatic ring is 1. The molecule has 0 fully saturated rings. The molecule has 0 saturated heterocycles. The number of nitrogens with one attached hydrogen (secondary N) is 1. The molecule has 2 aromatic rings. The minimum atomic E-state index is -0.123. The molecule has 2 heterocycles. The summed E-state index contributed by atoms with van der Waals surface area (Å²) in [6.45, 7) is 9.38. The minimum Gasteiger partial charge on any atom is -0.397 e. The van der Waals surface area contributed by atoms with Crippen molar-refractivity contribution in [1.29, 1.82) is 0 Å². The Bertz CT molecular complexity index is 628. The third-order valence-electron chi connectivity index (χ3n) is 3.84. The van der Waals surface area contributed by atoms with Gasteiger partial charge in [0.1, 0.15) is 9.71 Å². The van der Waals surface area contributed by atoms with Gasteiger partial charge >= 0.3 is 0 Å². The number of nitrogens with zero attached hydrogens (tertiary/aromatic N) is 2. The molecule has 0 aliphatic rings. The second kappa shape index (κ2) is 6.39. The fraction of sp³-hybridized carbons (Fsp3) is 0.533. The van der Waals surface area contributed by atoms with E-state index in [0.29, 0.717) is 39.7 Å². The van der Waals surface area contributed by atoms with Gasteiger partial charge in [0.15, 0.2) is 0 Å². The maximum atomic E-state index is 12.4. The molecule has 0 unspecified atom stereocenters. The monoisotopic (exact) mass is 306 g/mol. The number of anilines is 1. The lowest BCUT2D eigenvalue weighted by atomic mass is 9.85. The number of aromatic nitrogens is 2. The summed E-state index contributed by atoms with van der Waals surface area (Å²) in [7, 11) is 0. The fourth-order valence-corrected chi connectivity index (χ4v) is 3.53. The first-order valence-corrected chi connectivity index (χ1v) is 8.01. The van der Waals surface area contributed by atoms with E-state index < -0.39 is 0 Å². The summed E-state index contributed by atoms with van der Waals surface area (Å²) >= 11 is 1.29. The van der Waals surface area contributed by atoms with Crippen LogP contribution < -0.4 is 11.1 Å². The van der Waals surface area contributed by atoms with E-state index in [1.807, 2.05) is 0 Å². The predicted octanol–water partition coefficient (Wildman–Crippen LogP) is 2.93. The lowest BCUT2D eigenvalue weighted by Gasteiger charge is -2.24. The second-order valence-corrected chi connectivity index (χ2v) is 6.96. The Labute approximate surface area is 128 Å². The van der Waals surface area contributed by atoms with Gasteiger partial charge in [-0.2, -0.15) is 5.10 Å². The summed E-state index contributed by atoms with van der Waals surface area (Å²) in [5, 5.41) is 11.6. The molecule has 0 aliphatic heterocycles. The molecule has 5 nitrogen and oxygen atoms in total. The number of carbonyl (C=O) groups is 1. The Morgan fingerprint density at radius 3 is 2.57 bits per heavy atom. The van der Waals surface area contributed by atoms with Crippen LogP contribution in [0.25, 0.3) is 10.2 Å². The first kappa shape index (κ1) is 15.7. The van der Waals surface area contributed by atoms with Crippen LogP contribution in [-0.4, -0.2) is 22.6 Å². The van der Waals surface area contributed by atoms with Crippen molar-refractivity contribution in [2.45, 2.75) is 27.7 Å². The van der Waals surface area contributed by atoms with Crippen molar-refractivity contribution in [2.75, 3.05) is 12.3 Å². The van der Waals surface area contributed by atoms with E-state index in [2.05, 4.69) is 43.2 Å². The molecule has 114 valence electrons. The molecular weight excluding hydrogens is 284 g/mol. The van der Waals surface area contributed by atoms with Crippen molar-refractivity contribution in [3.05, 3.63) is 17.1 Å². The first-order chi connectivity index (χ1) is 9.91. The van der Waals surface area contributed by atoms with Gasteiger partial charge in [0.25, 0.3) is 5.91 Å². The number of hydrogen-bond acceptors (Lipinski definition) is 5. The molecule has 3 N–H and O–H groups in total. The zero-order valence-electron chi connectivity index (χ0n) is 12.9. The van der Waals surface area contributed by atoms with E-state index in [1.54, 1.807) is 12.3 Å². The van der Waals surface area contributed by atoms with Gasteiger partial charge in [0.2, 0.25) is 0 Å². The number of fused-ring (bicyclic) bond motifs is 1. The van der Waals surface area contributed by atoms with Gasteiger partial charge in [-0.05, 0) is 23.8 Å². The Morgan fingerprint density at radius 1 is 1.33 bits per heavy atom. The van der Waals surface area contributed by atoms with Gasteiger partial charge < -0.3 is 11.1 Å². The van der Waals surface area contributed by atoms with E-state index in [4.69, 9.17) is 5.73 Å². The topological polar surface area (TPSA) is 80.9 Å². The molecule has 0 aliphatic carbocycles. The van der Waals surface area contributed by atoms with Crippen LogP contribution in [0.2, 0.25) is 0 Å². The van der Waals surface area contributed by atoms with Crippen LogP contribution in [0, 0.1) is 17.8 Å². The van der Waals surface area contributed by atoms with Crippen LogP contribution >= 0.6 is 11.3 Å². The average Bonchev–Trinajstić information content (AvgIpc) is 2.76. The normalized spacial score (nSPS) is 11.8. The Kier molecular flexibility index (Phi) is 4.77. The van der Waals surface area contributed by atoms with Gasteiger partial charge in [0, 0.05) is 11.9 Å². The Morgan fingerprint density at radius 2 is 2.00 bits per heavy atom. The van der Waals surface area contributed by atoms with Gasteiger partial charge in [0.05, 0.1) is 11.9 Å². The van der Waals surface area contributed by atoms with E-state index >= 15 is 0 Å². The van der Waals surface area contributed by atoms with E-state index in [-0.39, 0.29) is 5.91 Å². The molecule has 0 saturated carbocycles. The summed E-state index contributed by atoms with van der Waals surface area (Å²) in [5.74, 6) is 1.37. The summed E-state index contributed by atoms with van der Waals surface area (Å²) < 4.78 is 0. The number of hydrogen-bond donors (Lipinski definition) is 2. The number of thiophene rings is 1. The quantitative estimate of drug-likeness (QED) is 0.890. The number of nitrogens with two attached hydrogens (primary N) is 1. The van der Waals surface area contributed by atoms with Gasteiger partial charge in [-0.3, -0.25) is 4.79 Å². The lowest BCUT2D eigenvalue weighted by molar-refractivity contribution is 0.0942.